The summed E-state index contributed by atoms with van der Waals surface area (Å²) < 4.78 is 12.9. The molecule has 0 N–H and O–H groups in total. The fourth-order valence-corrected chi connectivity index (χ4v) is 3.96. The predicted molar refractivity (Wildman–Crippen MR) is 120 cm³/mol. The van der Waals surface area contributed by atoms with Crippen molar-refractivity contribution in [2.45, 2.75) is 6.42 Å². The van der Waals surface area contributed by atoms with E-state index in [4.69, 9.17) is 0 Å². The topological polar surface area (TPSA) is 17.1 Å². The molecule has 0 aliphatic heterocycles. The van der Waals surface area contributed by atoms with Gasteiger partial charge in [-0.3, -0.25) is 0 Å². The largest absolute Gasteiger partial charge is 0.224 e. The van der Waals surface area contributed by atoms with E-state index in [2.05, 4.69) is 36.1 Å². The highest BCUT2D eigenvalue weighted by atomic mass is 32.1. The molecule has 1 nitrogen and oxygen atoms in total. The predicted octanol–water partition coefficient (Wildman–Crippen LogP) is 5.08. The van der Waals surface area contributed by atoms with Crippen LogP contribution in [-0.4, -0.2) is 13.9 Å². The van der Waals surface area contributed by atoms with Crippen LogP contribution in [0.1, 0.15) is 12.0 Å². The van der Waals surface area contributed by atoms with Gasteiger partial charge >= 0.3 is 0 Å². The highest BCUT2D eigenvalue weighted by Gasteiger charge is 2.06. The van der Waals surface area contributed by atoms with Crippen molar-refractivity contribution >= 4 is 19.7 Å². The van der Waals surface area contributed by atoms with Crippen LogP contribution in [0.5, 0.6) is 0 Å². The van der Waals surface area contributed by atoms with E-state index in [1.165, 1.54) is 0 Å². The third-order valence-electron chi connectivity index (χ3n) is 4.35. The van der Waals surface area contributed by atoms with Gasteiger partial charge in [0.15, 0.2) is 0 Å². The lowest BCUT2D eigenvalue weighted by molar-refractivity contribution is 0.699. The average molecular weight is 380 g/mol. The quantitative estimate of drug-likeness (QED) is 0.378. The molecule has 0 atom stereocenters. The molecule has 2 heteroatoms. The molecule has 0 aromatic heterocycles. The van der Waals surface area contributed by atoms with Gasteiger partial charge < -0.3 is 0 Å². The average Bonchev–Trinajstić information content (AvgIpc) is 2.76. The molecule has 134 valence electrons. The van der Waals surface area contributed by atoms with Gasteiger partial charge in [0.05, 0.1) is 9.73 Å². The summed E-state index contributed by atoms with van der Waals surface area (Å²) in [7, 11) is -1.21. The Labute approximate surface area is 167 Å². The number of hydrogen-bond acceptors (Lipinski definition) is 1. The number of hydrogen-bond donors (Lipinski definition) is 0. The summed E-state index contributed by atoms with van der Waals surface area (Å²) in [5, 5.41) is 0. The third-order valence-corrected chi connectivity index (χ3v) is 5.76. The van der Waals surface area contributed by atoms with Gasteiger partial charge in [-0.05, 0) is 61.1 Å². The highest BCUT2D eigenvalue weighted by molar-refractivity contribution is 7.86. The maximum atomic E-state index is 12.9. The molecule has 3 aliphatic rings. The first-order valence-electron chi connectivity index (χ1n) is 9.19. The minimum absolute atomic E-state index is 0.784. The maximum absolute atomic E-state index is 12.9. The van der Waals surface area contributed by atoms with E-state index in [9.17, 15) is 4.21 Å². The Morgan fingerprint density at radius 2 is 1.29 bits per heavy atom. The van der Waals surface area contributed by atoms with Crippen molar-refractivity contribution < 1.29 is 4.21 Å². The van der Waals surface area contributed by atoms with Crippen LogP contribution in [-0.2, 0) is 9.98 Å². The molecule has 1 aromatic carbocycles. The van der Waals surface area contributed by atoms with Gasteiger partial charge in [0.25, 0.3) is 0 Å². The number of rotatable bonds is 1. The smallest absolute Gasteiger partial charge is 0.122 e. The molecule has 3 aliphatic carbocycles. The summed E-state index contributed by atoms with van der Waals surface area (Å²) in [5.74, 6) is 0. The summed E-state index contributed by atoms with van der Waals surface area (Å²) in [6.07, 6.45) is 28.1. The van der Waals surface area contributed by atoms with E-state index in [1.807, 2.05) is 78.9 Å². The zero-order valence-electron chi connectivity index (χ0n) is 15.3. The highest BCUT2D eigenvalue weighted by Crippen LogP contribution is 2.12. The Kier molecular flexibility index (Phi) is 5.47. The van der Waals surface area contributed by atoms with E-state index in [1.54, 1.807) is 0 Å². The van der Waals surface area contributed by atoms with E-state index in [0.717, 1.165) is 38.4 Å². The lowest BCUT2D eigenvalue weighted by atomic mass is 10.1. The molecule has 0 saturated heterocycles. The molecule has 0 amide bonds. The van der Waals surface area contributed by atoms with Crippen LogP contribution in [0.2, 0.25) is 0 Å². The van der Waals surface area contributed by atoms with Gasteiger partial charge in [0.2, 0.25) is 0 Å². The molecule has 1 aromatic rings. The van der Waals surface area contributed by atoms with Crippen molar-refractivity contribution in [3.8, 4) is 0 Å². The van der Waals surface area contributed by atoms with Crippen LogP contribution in [0.4, 0.5) is 0 Å². The van der Waals surface area contributed by atoms with Crippen molar-refractivity contribution in [2.24, 2.45) is 0 Å². The van der Waals surface area contributed by atoms with E-state index < -0.39 is 9.98 Å². The van der Waals surface area contributed by atoms with Crippen molar-refractivity contribution in [3.05, 3.63) is 137 Å². The first-order chi connectivity index (χ1) is 13.8. The SMILES string of the molecule is O=S(=C1C=CC(=C=C2C=CCC=C2)C=C1)=C1C=CC(=[C+]c2ccccc2)C=C1. The van der Waals surface area contributed by atoms with Gasteiger partial charge in [-0.2, -0.15) is 0 Å². The number of allylic oxidation sites excluding steroid dienone is 14. The van der Waals surface area contributed by atoms with Crippen molar-refractivity contribution in [3.63, 3.8) is 0 Å². The molecule has 0 bridgehead atoms. The lowest BCUT2D eigenvalue weighted by Gasteiger charge is -2.01. The molecule has 0 spiro atoms. The zero-order chi connectivity index (χ0) is 19.2. The van der Waals surface area contributed by atoms with Crippen LogP contribution in [0.25, 0.3) is 0 Å². The molecule has 0 unspecified atom stereocenters. The van der Waals surface area contributed by atoms with Gasteiger partial charge in [-0.15, -0.1) is 5.73 Å². The molecule has 0 radical (unpaired) electrons. The Morgan fingerprint density at radius 3 is 1.93 bits per heavy atom. The zero-order valence-corrected chi connectivity index (χ0v) is 16.2. The Balaban J connectivity index is 1.59. The minimum Gasteiger partial charge on any atom is -0.224 e. The molecular formula is C26H19OS+. The normalized spacial score (nSPS) is 17.2. The standard InChI is InChI=1S/C26H19OS/c27-28(25-15-11-23(12-16-25)19-21-7-3-1-4-8-21)26-17-13-24(14-18-26)20-22-9-5-2-6-10-22/h1,3-18H,2H2/q+1. The summed E-state index contributed by atoms with van der Waals surface area (Å²) in [6, 6.07) is 9.99. The van der Waals surface area contributed by atoms with E-state index >= 15 is 0 Å². The Morgan fingerprint density at radius 1 is 0.714 bits per heavy atom. The molecule has 4 rings (SSSR count). The minimum atomic E-state index is -1.21. The maximum Gasteiger partial charge on any atom is 0.122 e. The molecule has 0 saturated carbocycles. The first kappa shape index (κ1) is 18.0. The van der Waals surface area contributed by atoms with E-state index in [0.29, 0.717) is 0 Å². The molecule has 0 heterocycles. The first-order valence-corrected chi connectivity index (χ1v) is 10.3. The second-order valence-electron chi connectivity index (χ2n) is 6.43. The van der Waals surface area contributed by atoms with Crippen LogP contribution < -0.4 is 0 Å². The van der Waals surface area contributed by atoms with Crippen LogP contribution in [0.15, 0.2) is 126 Å². The summed E-state index contributed by atoms with van der Waals surface area (Å²) in [4.78, 5) is 1.57. The fraction of sp³-hybridized carbons (Fsp3) is 0.0385. The van der Waals surface area contributed by atoms with Crippen LogP contribution >= 0.6 is 0 Å². The van der Waals surface area contributed by atoms with E-state index in [-0.39, 0.29) is 0 Å². The van der Waals surface area contributed by atoms with Crippen LogP contribution in [0, 0.1) is 6.08 Å². The molecule has 28 heavy (non-hydrogen) atoms. The number of benzene rings is 1. The Bertz CT molecular complexity index is 1160. The van der Waals surface area contributed by atoms with Crippen molar-refractivity contribution in [1.82, 2.24) is 0 Å². The second-order valence-corrected chi connectivity index (χ2v) is 7.91. The summed E-state index contributed by atoms with van der Waals surface area (Å²) in [5.41, 5.74) is 7.39. The second kappa shape index (κ2) is 8.52. The van der Waals surface area contributed by atoms with Crippen molar-refractivity contribution in [2.75, 3.05) is 0 Å². The van der Waals surface area contributed by atoms with Crippen LogP contribution in [0.3, 0.4) is 0 Å². The summed E-state index contributed by atoms with van der Waals surface area (Å²) in [6.45, 7) is 0. The molecular weight excluding hydrogens is 360 g/mol. The van der Waals surface area contributed by atoms with Gasteiger partial charge in [-0.25, -0.2) is 4.21 Å². The van der Waals surface area contributed by atoms with Crippen molar-refractivity contribution in [1.29, 1.82) is 0 Å². The fourth-order valence-electron chi connectivity index (χ4n) is 2.92. The van der Waals surface area contributed by atoms with Gasteiger partial charge in [-0.1, -0.05) is 24.3 Å². The lowest BCUT2D eigenvalue weighted by Crippen LogP contribution is -2.02. The summed E-state index contributed by atoms with van der Waals surface area (Å²) >= 11 is 0. The third kappa shape index (κ3) is 4.46. The van der Waals surface area contributed by atoms with Gasteiger partial charge in [0.1, 0.15) is 11.1 Å². The Hall–Kier alpha value is -3.41. The monoisotopic (exact) mass is 379 g/mol. The molecule has 0 fully saturated rings. The van der Waals surface area contributed by atoms with Gasteiger partial charge in [0, 0.05) is 51.5 Å².